The molecule has 1 fully saturated rings. The first-order valence-corrected chi connectivity index (χ1v) is 12.4. The third-order valence-electron chi connectivity index (χ3n) is 6.69. The van der Waals surface area contributed by atoms with E-state index in [-0.39, 0.29) is 5.91 Å². The van der Waals surface area contributed by atoms with Crippen molar-refractivity contribution in [1.29, 1.82) is 0 Å². The zero-order chi connectivity index (χ0) is 26.1. The number of benzene rings is 2. The largest absolute Gasteiger partial charge is 0.454 e. The van der Waals surface area contributed by atoms with E-state index in [1.807, 2.05) is 37.3 Å². The summed E-state index contributed by atoms with van der Waals surface area (Å²) in [5.41, 5.74) is 2.57. The summed E-state index contributed by atoms with van der Waals surface area (Å²) in [5, 5.41) is 12.2. The topological polar surface area (TPSA) is 128 Å². The van der Waals surface area contributed by atoms with Crippen LogP contribution >= 0.6 is 0 Å². The Labute approximate surface area is 218 Å². The summed E-state index contributed by atoms with van der Waals surface area (Å²) in [6, 6.07) is 9.85. The molecule has 192 valence electrons. The summed E-state index contributed by atoms with van der Waals surface area (Å²) in [6.45, 7) is 8.51. The Hall–Kier alpha value is -4.93. The van der Waals surface area contributed by atoms with Gasteiger partial charge in [0.2, 0.25) is 11.9 Å². The fraction of sp³-hybridized carbons (Fsp3) is 0.222. The molecule has 2 aromatic carbocycles. The Kier molecular flexibility index (Phi) is 6.08. The maximum atomic E-state index is 12.1. The normalized spacial score (nSPS) is 13.7. The number of aromatic amines is 2. The predicted octanol–water partition coefficient (Wildman–Crippen LogP) is 3.78. The molecule has 3 N–H and O–H groups in total. The molecule has 38 heavy (non-hydrogen) atoms. The highest BCUT2D eigenvalue weighted by molar-refractivity contribution is 5.95. The number of fused-ring (bicyclic) bond motifs is 2. The first-order valence-electron chi connectivity index (χ1n) is 12.4. The highest BCUT2D eigenvalue weighted by Gasteiger charge is 2.24. The van der Waals surface area contributed by atoms with Gasteiger partial charge in [-0.2, -0.15) is 10.1 Å². The van der Waals surface area contributed by atoms with Gasteiger partial charge in [0, 0.05) is 44.0 Å². The smallest absolute Gasteiger partial charge is 0.246 e. The zero-order valence-corrected chi connectivity index (χ0v) is 20.9. The summed E-state index contributed by atoms with van der Waals surface area (Å²) < 4.78 is 6.53. The van der Waals surface area contributed by atoms with Crippen LogP contribution in [0.25, 0.3) is 21.8 Å². The van der Waals surface area contributed by atoms with Crippen molar-refractivity contribution in [3.05, 3.63) is 73.0 Å². The first kappa shape index (κ1) is 23.5. The lowest BCUT2D eigenvalue weighted by molar-refractivity contribution is -0.126. The molecule has 1 amide bonds. The van der Waals surface area contributed by atoms with E-state index < -0.39 is 0 Å². The number of H-pyrrole nitrogens is 2. The number of rotatable bonds is 7. The highest BCUT2D eigenvalue weighted by Crippen LogP contribution is 2.37. The van der Waals surface area contributed by atoms with Crippen LogP contribution < -0.4 is 15.0 Å². The van der Waals surface area contributed by atoms with Crippen molar-refractivity contribution in [2.45, 2.75) is 13.5 Å². The number of aryl methyl sites for hydroxylation is 1. The number of anilines is 2. The predicted molar refractivity (Wildman–Crippen MR) is 145 cm³/mol. The minimum Gasteiger partial charge on any atom is -0.454 e. The number of piperazine rings is 1. The van der Waals surface area contributed by atoms with Gasteiger partial charge in [0.15, 0.2) is 5.75 Å². The highest BCUT2D eigenvalue weighted by atomic mass is 16.5. The van der Waals surface area contributed by atoms with Crippen LogP contribution in [0.2, 0.25) is 0 Å². The molecule has 0 bridgehead atoms. The van der Waals surface area contributed by atoms with Crippen LogP contribution in [0.3, 0.4) is 0 Å². The number of nitrogens with zero attached hydrogens (tertiary/aromatic N) is 6. The summed E-state index contributed by atoms with van der Waals surface area (Å²) in [6.07, 6.45) is 6.61. The molecule has 5 aromatic rings. The molecule has 1 aliphatic heterocycles. The van der Waals surface area contributed by atoms with Crippen molar-refractivity contribution in [3.63, 3.8) is 0 Å². The lowest BCUT2D eigenvalue weighted by atomic mass is 10.1. The molecule has 0 radical (unpaired) electrons. The molecule has 11 nitrogen and oxygen atoms in total. The molecule has 11 heteroatoms. The first-order chi connectivity index (χ1) is 18.6. The average Bonchev–Trinajstić information content (AvgIpc) is 3.65. The molecular formula is C27H27N9O2. The quantitative estimate of drug-likeness (QED) is 0.283. The van der Waals surface area contributed by atoms with Crippen molar-refractivity contribution in [1.82, 2.24) is 35.0 Å². The number of aromatic nitrogens is 6. The van der Waals surface area contributed by atoms with Crippen LogP contribution in [0.15, 0.2) is 61.6 Å². The van der Waals surface area contributed by atoms with Gasteiger partial charge in [0.25, 0.3) is 0 Å². The second-order valence-electron chi connectivity index (χ2n) is 9.07. The second-order valence-corrected chi connectivity index (χ2v) is 9.07. The van der Waals surface area contributed by atoms with Gasteiger partial charge in [0.05, 0.1) is 23.6 Å². The van der Waals surface area contributed by atoms with Crippen molar-refractivity contribution in [3.8, 4) is 11.5 Å². The van der Waals surface area contributed by atoms with Crippen molar-refractivity contribution < 1.29 is 9.53 Å². The Balaban J connectivity index is 1.41. The van der Waals surface area contributed by atoms with E-state index in [0.29, 0.717) is 49.9 Å². The van der Waals surface area contributed by atoms with E-state index in [0.717, 1.165) is 39.2 Å². The zero-order valence-electron chi connectivity index (χ0n) is 20.9. The van der Waals surface area contributed by atoms with Crippen LogP contribution in [0, 0.1) is 6.92 Å². The fourth-order valence-electron chi connectivity index (χ4n) is 4.68. The molecular weight excluding hydrogens is 482 g/mol. The molecule has 4 heterocycles. The van der Waals surface area contributed by atoms with Crippen LogP contribution in [0.4, 0.5) is 11.8 Å². The summed E-state index contributed by atoms with van der Waals surface area (Å²) in [5.74, 6) is 3.31. The average molecular weight is 510 g/mol. The third-order valence-corrected chi connectivity index (χ3v) is 6.69. The minimum atomic E-state index is -0.0579. The lowest BCUT2D eigenvalue weighted by Crippen LogP contribution is -2.48. The maximum Gasteiger partial charge on any atom is 0.246 e. The number of ether oxygens (including phenoxy) is 1. The second kappa shape index (κ2) is 9.85. The molecule has 0 aliphatic carbocycles. The number of amides is 1. The number of nitrogens with one attached hydrogen (secondary N) is 3. The van der Waals surface area contributed by atoms with Crippen LogP contribution in [-0.2, 0) is 11.3 Å². The molecule has 1 aliphatic rings. The number of carbonyl (C=O) groups excluding carboxylic acids is 1. The molecule has 3 aromatic heterocycles. The molecule has 1 saturated heterocycles. The summed E-state index contributed by atoms with van der Waals surface area (Å²) in [4.78, 5) is 33.2. The lowest BCUT2D eigenvalue weighted by Gasteiger charge is -2.35. The summed E-state index contributed by atoms with van der Waals surface area (Å²) >= 11 is 0. The molecule has 6 rings (SSSR count). The van der Waals surface area contributed by atoms with Gasteiger partial charge in [-0.25, -0.2) is 9.97 Å². The van der Waals surface area contributed by atoms with Gasteiger partial charge in [-0.1, -0.05) is 18.7 Å². The van der Waals surface area contributed by atoms with Crippen molar-refractivity contribution in [2.24, 2.45) is 0 Å². The van der Waals surface area contributed by atoms with E-state index in [1.165, 1.54) is 6.08 Å². The van der Waals surface area contributed by atoms with Crippen LogP contribution in [0.1, 0.15) is 11.4 Å². The van der Waals surface area contributed by atoms with E-state index in [2.05, 4.69) is 37.0 Å². The number of para-hydroxylation sites is 1. The minimum absolute atomic E-state index is 0.0579. The third kappa shape index (κ3) is 4.38. The molecule has 0 spiro atoms. The van der Waals surface area contributed by atoms with E-state index >= 15 is 0 Å². The SMILES string of the molecule is C=CC(=O)N1CCN(c2nc(NCc3ncc[nH]3)nc3c(Oc4c(C)ccc5[nH]ncc45)cccc23)CC1. The van der Waals surface area contributed by atoms with Gasteiger partial charge in [-0.05, 0) is 36.8 Å². The molecule has 0 saturated carbocycles. The Bertz CT molecular complexity index is 1620. The van der Waals surface area contributed by atoms with Crippen molar-refractivity contribution in [2.75, 3.05) is 36.4 Å². The molecule has 0 unspecified atom stereocenters. The van der Waals surface area contributed by atoms with E-state index in [9.17, 15) is 4.79 Å². The van der Waals surface area contributed by atoms with Crippen LogP contribution in [0.5, 0.6) is 11.5 Å². The van der Waals surface area contributed by atoms with E-state index in [1.54, 1.807) is 23.5 Å². The Morgan fingerprint density at radius 3 is 2.82 bits per heavy atom. The maximum absolute atomic E-state index is 12.1. The van der Waals surface area contributed by atoms with Gasteiger partial charge in [-0.3, -0.25) is 9.89 Å². The van der Waals surface area contributed by atoms with Crippen LogP contribution in [-0.4, -0.2) is 67.1 Å². The van der Waals surface area contributed by atoms with Crippen molar-refractivity contribution >= 4 is 39.5 Å². The summed E-state index contributed by atoms with van der Waals surface area (Å²) in [7, 11) is 0. The number of imidazole rings is 1. The number of carbonyl (C=O) groups is 1. The Morgan fingerprint density at radius 2 is 2.03 bits per heavy atom. The monoisotopic (exact) mass is 509 g/mol. The number of hydrogen-bond donors (Lipinski definition) is 3. The van der Waals surface area contributed by atoms with Gasteiger partial charge >= 0.3 is 0 Å². The molecule has 0 atom stereocenters. The standard InChI is InChI=1S/C27H27N9O2/c1-3-23(37)35-11-13-36(14-12-35)26-18-5-4-6-21(38-25-17(2)7-8-20-19(25)15-31-34-20)24(18)32-27(33-26)30-16-22-28-9-10-29-22/h3-10,15H,1,11-14,16H2,2H3,(H,28,29)(H,31,34)(H,30,32,33). The van der Waals surface area contributed by atoms with Gasteiger partial charge in [0.1, 0.15) is 22.9 Å². The van der Waals surface area contributed by atoms with E-state index in [4.69, 9.17) is 14.7 Å². The Morgan fingerprint density at radius 1 is 1.16 bits per heavy atom. The van der Waals surface area contributed by atoms with Gasteiger partial charge in [-0.15, -0.1) is 0 Å². The fourth-order valence-corrected chi connectivity index (χ4v) is 4.68. The number of hydrogen-bond acceptors (Lipinski definition) is 8. The van der Waals surface area contributed by atoms with Gasteiger partial charge < -0.3 is 24.8 Å².